The van der Waals surface area contributed by atoms with E-state index in [1.165, 1.54) is 7.11 Å². The van der Waals surface area contributed by atoms with Gasteiger partial charge in [0.25, 0.3) is 0 Å². The molecule has 0 heterocycles. The number of nitrogens with one attached hydrogen (secondary N) is 2. The summed E-state index contributed by atoms with van der Waals surface area (Å²) >= 11 is 0. The third kappa shape index (κ3) is 7.57. The van der Waals surface area contributed by atoms with Crippen LogP contribution >= 0.6 is 0 Å². The summed E-state index contributed by atoms with van der Waals surface area (Å²) in [4.78, 5) is 46.6. The third-order valence-corrected chi connectivity index (χ3v) is 4.23. The van der Waals surface area contributed by atoms with Crippen LogP contribution in [-0.2, 0) is 23.9 Å². The molecule has 0 aromatic heterocycles. The summed E-state index contributed by atoms with van der Waals surface area (Å²) in [5.41, 5.74) is 0. The first-order chi connectivity index (χ1) is 11.3. The maximum absolute atomic E-state index is 12.5. The number of methoxy groups -OCH3 is 1. The van der Waals surface area contributed by atoms with Crippen molar-refractivity contribution in [1.82, 2.24) is 10.6 Å². The van der Waals surface area contributed by atoms with Crippen molar-refractivity contribution in [2.24, 2.45) is 11.8 Å². The second kappa shape index (κ2) is 11.6. The molecule has 0 saturated heterocycles. The van der Waals surface area contributed by atoms with Crippen molar-refractivity contribution in [1.29, 1.82) is 0 Å². The summed E-state index contributed by atoms with van der Waals surface area (Å²) in [6.07, 6.45) is 3.14. The highest BCUT2D eigenvalue weighted by atomic mass is 16.5. The summed E-state index contributed by atoms with van der Waals surface area (Å²) < 4.78 is 4.49. The van der Waals surface area contributed by atoms with Gasteiger partial charge in [0.05, 0.1) is 19.6 Å². The van der Waals surface area contributed by atoms with Gasteiger partial charge in [-0.15, -0.1) is 0 Å². The number of hydrogen-bond acceptors (Lipinski definition) is 5. The molecular weight excluding hydrogens is 312 g/mol. The lowest BCUT2D eigenvalue weighted by atomic mass is 9.95. The van der Waals surface area contributed by atoms with Crippen LogP contribution in [0.2, 0.25) is 0 Å². The second-order valence-electron chi connectivity index (χ2n) is 6.00. The summed E-state index contributed by atoms with van der Waals surface area (Å²) in [7, 11) is 1.25. The van der Waals surface area contributed by atoms with Crippen molar-refractivity contribution in [3.05, 3.63) is 0 Å². The molecule has 0 aromatic rings. The third-order valence-electron chi connectivity index (χ3n) is 4.23. The highest BCUT2D eigenvalue weighted by Crippen LogP contribution is 2.11. The fourth-order valence-electron chi connectivity index (χ4n) is 2.03. The van der Waals surface area contributed by atoms with Crippen molar-refractivity contribution >= 4 is 24.1 Å². The Kier molecular flexibility index (Phi) is 10.7. The van der Waals surface area contributed by atoms with Gasteiger partial charge in [0.15, 0.2) is 0 Å². The molecule has 0 bridgehead atoms. The van der Waals surface area contributed by atoms with Gasteiger partial charge in [-0.3, -0.25) is 19.2 Å². The average molecular weight is 341 g/mol. The smallest absolute Gasteiger partial charge is 0.306 e. The van der Waals surface area contributed by atoms with Crippen LogP contribution in [-0.4, -0.2) is 43.3 Å². The van der Waals surface area contributed by atoms with Gasteiger partial charge in [-0.1, -0.05) is 40.5 Å². The molecule has 0 fully saturated rings. The van der Waals surface area contributed by atoms with Crippen LogP contribution in [0.25, 0.3) is 0 Å². The van der Waals surface area contributed by atoms with Crippen molar-refractivity contribution < 1.29 is 23.9 Å². The normalized spacial score (nSPS) is 15.5. The van der Waals surface area contributed by atoms with E-state index in [9.17, 15) is 19.2 Å². The molecule has 24 heavy (non-hydrogen) atoms. The van der Waals surface area contributed by atoms with E-state index in [1.54, 1.807) is 0 Å². The Morgan fingerprint density at radius 2 is 1.58 bits per heavy atom. The van der Waals surface area contributed by atoms with E-state index in [4.69, 9.17) is 0 Å². The van der Waals surface area contributed by atoms with Crippen molar-refractivity contribution in [2.45, 2.75) is 65.5 Å². The minimum absolute atomic E-state index is 0.0425. The topological polar surface area (TPSA) is 102 Å². The minimum atomic E-state index is -0.764. The first kappa shape index (κ1) is 22.1. The molecule has 7 heteroatoms. The molecule has 0 spiro atoms. The number of rotatable bonds is 11. The van der Waals surface area contributed by atoms with Gasteiger partial charge in [0, 0.05) is 6.42 Å². The molecule has 4 atom stereocenters. The van der Waals surface area contributed by atoms with Crippen LogP contribution in [0.5, 0.6) is 0 Å². The Labute approximate surface area is 143 Å². The van der Waals surface area contributed by atoms with Gasteiger partial charge in [-0.2, -0.15) is 0 Å². The predicted molar refractivity (Wildman–Crippen MR) is 89.7 cm³/mol. The Hall–Kier alpha value is -1.92. The van der Waals surface area contributed by atoms with Crippen LogP contribution in [0.3, 0.4) is 0 Å². The van der Waals surface area contributed by atoms with Gasteiger partial charge in [-0.25, -0.2) is 0 Å². The highest BCUT2D eigenvalue weighted by Gasteiger charge is 2.29. The van der Waals surface area contributed by atoms with Crippen molar-refractivity contribution in [3.8, 4) is 0 Å². The van der Waals surface area contributed by atoms with Crippen LogP contribution < -0.4 is 10.6 Å². The van der Waals surface area contributed by atoms with E-state index in [1.807, 2.05) is 34.0 Å². The van der Waals surface area contributed by atoms with Gasteiger partial charge in [0.2, 0.25) is 18.1 Å². The van der Waals surface area contributed by atoms with E-state index in [0.717, 1.165) is 6.42 Å². The molecule has 137 valence electrons. The predicted octanol–water partition coefficient (Wildman–Crippen LogP) is 1.11. The summed E-state index contributed by atoms with van der Waals surface area (Å²) in [5, 5.41) is 5.29. The van der Waals surface area contributed by atoms with Gasteiger partial charge in [-0.05, 0) is 11.8 Å². The number of amides is 2. The number of esters is 1. The molecule has 1 radical (unpaired) electrons. The SMILES string of the molecule is CCC(C)C([C]=O)NC(=O)C(NC(=O)CCC(=O)OC)C(C)CC. The Morgan fingerprint density at radius 3 is 2.04 bits per heavy atom. The van der Waals surface area contributed by atoms with E-state index >= 15 is 0 Å². The van der Waals surface area contributed by atoms with Gasteiger partial charge in [0.1, 0.15) is 6.04 Å². The zero-order valence-corrected chi connectivity index (χ0v) is 15.2. The van der Waals surface area contributed by atoms with Crippen molar-refractivity contribution in [2.75, 3.05) is 7.11 Å². The van der Waals surface area contributed by atoms with Crippen LogP contribution in [0.15, 0.2) is 0 Å². The molecule has 2 N–H and O–H groups in total. The molecule has 0 aromatic carbocycles. The Balaban J connectivity index is 4.86. The fraction of sp³-hybridized carbons (Fsp3) is 0.765. The fourth-order valence-corrected chi connectivity index (χ4v) is 2.03. The quantitative estimate of drug-likeness (QED) is 0.548. The lowest BCUT2D eigenvalue weighted by Crippen LogP contribution is -2.54. The van der Waals surface area contributed by atoms with E-state index < -0.39 is 29.9 Å². The van der Waals surface area contributed by atoms with Crippen LogP contribution in [0.1, 0.15) is 53.4 Å². The molecule has 0 aliphatic heterocycles. The van der Waals surface area contributed by atoms with Gasteiger partial charge >= 0.3 is 5.97 Å². The standard InChI is InChI=1S/C17H29N2O5/c1-6-11(3)13(10-20)18-17(23)16(12(4)7-2)19-14(21)8-9-15(22)24-5/h11-13,16H,6-9H2,1-5H3,(H,18,23)(H,19,21). The lowest BCUT2D eigenvalue weighted by molar-refractivity contribution is -0.142. The number of carbonyl (C=O) groups is 3. The van der Waals surface area contributed by atoms with Gasteiger partial charge < -0.3 is 15.4 Å². The number of ether oxygens (including phenoxy) is 1. The molecule has 7 nitrogen and oxygen atoms in total. The second-order valence-corrected chi connectivity index (χ2v) is 6.00. The molecule has 0 aliphatic carbocycles. The zero-order valence-electron chi connectivity index (χ0n) is 15.2. The van der Waals surface area contributed by atoms with E-state index in [0.29, 0.717) is 6.42 Å². The average Bonchev–Trinajstić information content (AvgIpc) is 2.60. The largest absolute Gasteiger partial charge is 0.469 e. The Morgan fingerprint density at radius 1 is 1.00 bits per heavy atom. The molecular formula is C17H29N2O5. The first-order valence-corrected chi connectivity index (χ1v) is 8.34. The highest BCUT2D eigenvalue weighted by molar-refractivity contribution is 5.90. The number of hydrogen-bond donors (Lipinski definition) is 2. The maximum Gasteiger partial charge on any atom is 0.306 e. The van der Waals surface area contributed by atoms with E-state index in [2.05, 4.69) is 15.4 Å². The summed E-state index contributed by atoms with van der Waals surface area (Å²) in [6.45, 7) is 7.52. The minimum Gasteiger partial charge on any atom is -0.469 e. The monoisotopic (exact) mass is 341 g/mol. The molecule has 0 aliphatic rings. The lowest BCUT2D eigenvalue weighted by Gasteiger charge is -2.26. The summed E-state index contributed by atoms with van der Waals surface area (Å²) in [6, 6.07) is -1.47. The molecule has 0 saturated carbocycles. The Bertz CT molecular complexity index is 439. The molecule has 0 rings (SSSR count). The van der Waals surface area contributed by atoms with E-state index in [-0.39, 0.29) is 24.7 Å². The summed E-state index contributed by atoms with van der Waals surface area (Å²) in [5.74, 6) is -1.46. The van der Waals surface area contributed by atoms with Crippen molar-refractivity contribution in [3.63, 3.8) is 0 Å². The van der Waals surface area contributed by atoms with Crippen LogP contribution in [0, 0.1) is 11.8 Å². The van der Waals surface area contributed by atoms with Crippen LogP contribution in [0.4, 0.5) is 0 Å². The maximum atomic E-state index is 12.5. The number of carbonyl (C=O) groups excluding carboxylic acids is 4. The zero-order chi connectivity index (χ0) is 18.7. The molecule has 2 amide bonds. The molecule has 4 unspecified atom stereocenters. The first-order valence-electron chi connectivity index (χ1n) is 8.34.